The number of rotatable bonds is 7. The second-order valence-electron chi connectivity index (χ2n) is 9.79. The van der Waals surface area contributed by atoms with Gasteiger partial charge in [0, 0.05) is 19.9 Å². The molecule has 3 atom stereocenters. The topological polar surface area (TPSA) is 41.6 Å². The van der Waals surface area contributed by atoms with Gasteiger partial charge in [-0.3, -0.25) is 9.69 Å². The van der Waals surface area contributed by atoms with Gasteiger partial charge in [-0.15, -0.1) is 0 Å². The molecule has 2 aromatic carbocycles. The van der Waals surface area contributed by atoms with Crippen LogP contribution in [0.2, 0.25) is 0 Å². The summed E-state index contributed by atoms with van der Waals surface area (Å²) < 4.78 is 5.41. The van der Waals surface area contributed by atoms with Crippen LogP contribution in [0.15, 0.2) is 78.4 Å². The number of nitrogens with zero attached hydrogens (tertiary/aromatic N) is 1. The Labute approximate surface area is 198 Å². The molecule has 3 unspecified atom stereocenters. The Kier molecular flexibility index (Phi) is 6.37. The number of ether oxygens (including phenoxy) is 1. The molecule has 1 amide bonds. The van der Waals surface area contributed by atoms with Crippen molar-refractivity contribution in [3.8, 4) is 5.75 Å². The van der Waals surface area contributed by atoms with Gasteiger partial charge < -0.3 is 10.1 Å². The van der Waals surface area contributed by atoms with E-state index in [1.165, 1.54) is 12.0 Å². The standard InChI is InChI=1S/C29H34N2O2.H2/c1-33-27-14-6-5-13-25(27)28(32)30-21-29(24-11-3-2-4-12-24)15-8-17-31(18-16-29)20-23-10-7-9-22-19-26(22)23;/h2-7,9-14,22,26H,8,15-21H2,1H3,(H,30,32);1H. The van der Waals surface area contributed by atoms with E-state index in [1.807, 2.05) is 24.3 Å². The first-order valence-corrected chi connectivity index (χ1v) is 12.2. The monoisotopic (exact) mass is 444 g/mol. The summed E-state index contributed by atoms with van der Waals surface area (Å²) in [7, 11) is 1.61. The van der Waals surface area contributed by atoms with E-state index in [1.54, 1.807) is 12.7 Å². The molecule has 2 fully saturated rings. The molecular formula is C29H36N2O2. The lowest BCUT2D eigenvalue weighted by Crippen LogP contribution is -2.42. The van der Waals surface area contributed by atoms with Crippen molar-refractivity contribution in [3.05, 3.63) is 89.5 Å². The van der Waals surface area contributed by atoms with Crippen LogP contribution in [0.4, 0.5) is 0 Å². The Morgan fingerprint density at radius 3 is 2.79 bits per heavy atom. The average Bonchev–Trinajstić information content (AvgIpc) is 3.68. The SMILES string of the molecule is COc1ccccc1C(=O)NCC1(c2ccccc2)CCCN(CC2=CC=CC3CC23)CC1.[HH]. The molecule has 3 aliphatic rings. The number of carbonyl (C=O) groups excluding carboxylic acids is 1. The lowest BCUT2D eigenvalue weighted by molar-refractivity contribution is 0.0937. The van der Waals surface area contributed by atoms with Crippen LogP contribution < -0.4 is 10.1 Å². The van der Waals surface area contributed by atoms with Gasteiger partial charge >= 0.3 is 0 Å². The first-order chi connectivity index (χ1) is 16.2. The fourth-order valence-corrected chi connectivity index (χ4v) is 5.67. The first-order valence-electron chi connectivity index (χ1n) is 12.2. The van der Waals surface area contributed by atoms with E-state index in [-0.39, 0.29) is 12.7 Å². The fourth-order valence-electron chi connectivity index (χ4n) is 5.67. The Bertz CT molecular complexity index is 1050. The normalized spacial score (nSPS) is 26.6. The molecule has 33 heavy (non-hydrogen) atoms. The van der Waals surface area contributed by atoms with Gasteiger partial charge in [-0.1, -0.05) is 66.3 Å². The summed E-state index contributed by atoms with van der Waals surface area (Å²) >= 11 is 0. The van der Waals surface area contributed by atoms with Gasteiger partial charge in [0.2, 0.25) is 0 Å². The molecule has 5 rings (SSSR count). The predicted octanol–water partition coefficient (Wildman–Crippen LogP) is 5.23. The zero-order chi connectivity index (χ0) is 22.7. The summed E-state index contributed by atoms with van der Waals surface area (Å²) in [5.74, 6) is 2.13. The van der Waals surface area contributed by atoms with Crippen molar-refractivity contribution in [2.45, 2.75) is 31.1 Å². The summed E-state index contributed by atoms with van der Waals surface area (Å²) in [4.78, 5) is 15.7. The smallest absolute Gasteiger partial charge is 0.255 e. The van der Waals surface area contributed by atoms with Gasteiger partial charge in [0.05, 0.1) is 12.7 Å². The Hall–Kier alpha value is -2.85. The largest absolute Gasteiger partial charge is 0.496 e. The number of likely N-dealkylation sites (tertiary alicyclic amines) is 1. The number of fused-ring (bicyclic) bond motifs is 1. The maximum absolute atomic E-state index is 13.1. The van der Waals surface area contributed by atoms with Crippen LogP contribution >= 0.6 is 0 Å². The Morgan fingerprint density at radius 2 is 1.94 bits per heavy atom. The van der Waals surface area contributed by atoms with Crippen LogP contribution in [-0.4, -0.2) is 44.1 Å². The number of methoxy groups -OCH3 is 1. The highest BCUT2D eigenvalue weighted by atomic mass is 16.5. The minimum Gasteiger partial charge on any atom is -0.496 e. The van der Waals surface area contributed by atoms with E-state index in [2.05, 4.69) is 58.8 Å². The molecule has 0 radical (unpaired) electrons. The number of para-hydroxylation sites is 1. The third-order valence-electron chi connectivity index (χ3n) is 7.75. The summed E-state index contributed by atoms with van der Waals surface area (Å²) in [6.07, 6.45) is 11.5. The van der Waals surface area contributed by atoms with Gasteiger partial charge in [-0.05, 0) is 68.3 Å². The third kappa shape index (κ3) is 4.77. The molecule has 0 spiro atoms. The van der Waals surface area contributed by atoms with Crippen molar-refractivity contribution < 1.29 is 11.0 Å². The number of benzene rings is 2. The highest BCUT2D eigenvalue weighted by Gasteiger charge is 2.40. The third-order valence-corrected chi connectivity index (χ3v) is 7.75. The van der Waals surface area contributed by atoms with Crippen molar-refractivity contribution in [2.24, 2.45) is 11.8 Å². The molecule has 0 bridgehead atoms. The Balaban J connectivity index is 0.00000274. The summed E-state index contributed by atoms with van der Waals surface area (Å²) in [6.45, 7) is 3.90. The lowest BCUT2D eigenvalue weighted by atomic mass is 9.74. The average molecular weight is 445 g/mol. The van der Waals surface area contributed by atoms with E-state index in [0.29, 0.717) is 17.9 Å². The molecule has 1 heterocycles. The van der Waals surface area contributed by atoms with E-state index in [9.17, 15) is 4.79 Å². The number of allylic oxidation sites excluding steroid dienone is 3. The first kappa shape index (κ1) is 22.0. The molecule has 2 aliphatic carbocycles. The maximum Gasteiger partial charge on any atom is 0.255 e. The highest BCUT2D eigenvalue weighted by Crippen LogP contribution is 2.47. The second-order valence-corrected chi connectivity index (χ2v) is 9.79. The van der Waals surface area contributed by atoms with Crippen molar-refractivity contribution in [3.63, 3.8) is 0 Å². The number of hydrogen-bond acceptors (Lipinski definition) is 3. The minimum absolute atomic E-state index is 0. The van der Waals surface area contributed by atoms with Gasteiger partial charge in [0.1, 0.15) is 5.75 Å². The lowest BCUT2D eigenvalue weighted by Gasteiger charge is -2.34. The van der Waals surface area contributed by atoms with Crippen molar-refractivity contribution >= 4 is 5.91 Å². The number of carbonyl (C=O) groups is 1. The van der Waals surface area contributed by atoms with Crippen LogP contribution in [-0.2, 0) is 5.41 Å². The molecule has 4 heteroatoms. The van der Waals surface area contributed by atoms with Crippen LogP contribution in [0, 0.1) is 11.8 Å². The van der Waals surface area contributed by atoms with Crippen LogP contribution in [0.1, 0.15) is 43.0 Å². The number of hydrogen-bond donors (Lipinski definition) is 1. The molecule has 1 saturated heterocycles. The summed E-state index contributed by atoms with van der Waals surface area (Å²) in [6, 6.07) is 18.2. The number of amides is 1. The maximum atomic E-state index is 13.1. The van der Waals surface area contributed by atoms with Gasteiger partial charge in [0.25, 0.3) is 5.91 Å². The Morgan fingerprint density at radius 1 is 1.12 bits per heavy atom. The molecule has 4 nitrogen and oxygen atoms in total. The van der Waals surface area contributed by atoms with E-state index < -0.39 is 0 Å². The van der Waals surface area contributed by atoms with Crippen LogP contribution in [0.5, 0.6) is 5.75 Å². The van der Waals surface area contributed by atoms with Gasteiger partial charge in [0.15, 0.2) is 0 Å². The number of nitrogens with one attached hydrogen (secondary N) is 1. The predicted molar refractivity (Wildman–Crippen MR) is 135 cm³/mol. The second kappa shape index (κ2) is 9.56. The van der Waals surface area contributed by atoms with E-state index in [0.717, 1.165) is 50.7 Å². The molecule has 2 aromatic rings. The van der Waals surface area contributed by atoms with Crippen molar-refractivity contribution in [1.29, 1.82) is 0 Å². The van der Waals surface area contributed by atoms with Gasteiger partial charge in [-0.2, -0.15) is 0 Å². The van der Waals surface area contributed by atoms with Crippen LogP contribution in [0.25, 0.3) is 0 Å². The van der Waals surface area contributed by atoms with Crippen molar-refractivity contribution in [2.75, 3.05) is 33.3 Å². The van der Waals surface area contributed by atoms with Gasteiger partial charge in [-0.25, -0.2) is 0 Å². The zero-order valence-electron chi connectivity index (χ0n) is 19.5. The zero-order valence-corrected chi connectivity index (χ0v) is 19.5. The fraction of sp³-hybridized carbons (Fsp3) is 0.414. The molecular weight excluding hydrogens is 408 g/mol. The minimum atomic E-state index is -0.0669. The molecule has 1 aliphatic heterocycles. The summed E-state index contributed by atoms with van der Waals surface area (Å²) in [5, 5.41) is 3.26. The van der Waals surface area contributed by atoms with Crippen molar-refractivity contribution in [1.82, 2.24) is 10.2 Å². The summed E-state index contributed by atoms with van der Waals surface area (Å²) in [5.41, 5.74) is 3.47. The molecule has 1 saturated carbocycles. The highest BCUT2D eigenvalue weighted by molar-refractivity contribution is 5.96. The quantitative estimate of drug-likeness (QED) is 0.636. The molecule has 174 valence electrons. The van der Waals surface area contributed by atoms with E-state index in [4.69, 9.17) is 4.74 Å². The van der Waals surface area contributed by atoms with E-state index >= 15 is 0 Å². The molecule has 0 aromatic heterocycles. The molecule has 1 N–H and O–H groups in total. The van der Waals surface area contributed by atoms with Crippen LogP contribution in [0.3, 0.4) is 0 Å².